The molecule has 0 fully saturated rings. The zero-order valence-electron chi connectivity index (χ0n) is 38.1. The van der Waals surface area contributed by atoms with Crippen molar-refractivity contribution in [2.24, 2.45) is 0 Å². The van der Waals surface area contributed by atoms with Crippen molar-refractivity contribution < 1.29 is 42.1 Å². The molecule has 10 heteroatoms. The van der Waals surface area contributed by atoms with Crippen LogP contribution < -0.4 is 4.89 Å². The number of rotatable bonds is 44. The normalized spacial score (nSPS) is 13.6. The van der Waals surface area contributed by atoms with Gasteiger partial charge in [-0.1, -0.05) is 193 Å². The van der Waals surface area contributed by atoms with Crippen LogP contribution in [0.1, 0.15) is 226 Å². The fourth-order valence-corrected chi connectivity index (χ4v) is 7.48. The van der Waals surface area contributed by atoms with E-state index in [-0.39, 0.29) is 32.0 Å². The van der Waals surface area contributed by atoms with Crippen molar-refractivity contribution in [3.8, 4) is 0 Å². The van der Waals surface area contributed by atoms with E-state index < -0.39 is 26.5 Å². The summed E-state index contributed by atoms with van der Waals surface area (Å²) in [4.78, 5) is 37.6. The number of hydrogen-bond donors (Lipinski definition) is 0. The lowest BCUT2D eigenvalue weighted by Gasteiger charge is -2.28. The fraction of sp³-hybridized carbons (Fsp3) is 0.915. The van der Waals surface area contributed by atoms with E-state index in [9.17, 15) is 19.0 Å². The number of carbonyl (C=O) groups is 2. The Bertz CT molecular complexity index is 985. The fourth-order valence-electron chi connectivity index (χ4n) is 6.75. The molecule has 0 amide bonds. The number of allylic oxidation sites excluding steroid dienone is 2. The van der Waals surface area contributed by atoms with Crippen LogP contribution in [-0.2, 0) is 32.7 Å². The first kappa shape index (κ1) is 55.8. The first-order valence-corrected chi connectivity index (χ1v) is 25.4. The smallest absolute Gasteiger partial charge is 0.306 e. The molecule has 57 heavy (non-hydrogen) atoms. The van der Waals surface area contributed by atoms with Crippen molar-refractivity contribution in [1.29, 1.82) is 0 Å². The van der Waals surface area contributed by atoms with E-state index in [0.717, 1.165) is 38.5 Å². The van der Waals surface area contributed by atoms with E-state index in [1.54, 1.807) is 0 Å². The number of hydrogen-bond acceptors (Lipinski definition) is 8. The van der Waals surface area contributed by atoms with Gasteiger partial charge in [0.1, 0.15) is 19.8 Å². The lowest BCUT2D eigenvalue weighted by Crippen LogP contribution is -2.37. The summed E-state index contributed by atoms with van der Waals surface area (Å²) in [5.41, 5.74) is 0. The first-order chi connectivity index (χ1) is 27.5. The Morgan fingerprint density at radius 1 is 0.526 bits per heavy atom. The summed E-state index contributed by atoms with van der Waals surface area (Å²) in [6.07, 6.45) is 42.3. The summed E-state index contributed by atoms with van der Waals surface area (Å²) in [5, 5.41) is 0. The van der Waals surface area contributed by atoms with Gasteiger partial charge in [-0.2, -0.15) is 0 Å². The molecule has 0 aliphatic carbocycles. The number of unbranched alkanes of at least 4 members (excludes halogenated alkanes) is 28. The zero-order valence-corrected chi connectivity index (χ0v) is 38.9. The molecule has 0 aromatic rings. The minimum absolute atomic E-state index is 0.0279. The number of phosphoric acid groups is 1. The van der Waals surface area contributed by atoms with Gasteiger partial charge in [-0.3, -0.25) is 14.2 Å². The third kappa shape index (κ3) is 44.1. The monoisotopic (exact) mass is 830 g/mol. The molecule has 0 saturated carbocycles. The van der Waals surface area contributed by atoms with Crippen LogP contribution >= 0.6 is 7.82 Å². The SMILES string of the molecule is CCCC/C=C/CCCCCCCCCCCC(=O)O[C@H](COC(=O)CCCCCCCCCCCCCCCCCCCC)COP(=O)([O-])OCC[N+](C)(C)C. The Hall–Kier alpha value is -1.25. The second-order valence-corrected chi connectivity index (χ2v) is 18.9. The highest BCUT2D eigenvalue weighted by Gasteiger charge is 2.21. The molecule has 0 bridgehead atoms. The van der Waals surface area contributed by atoms with Crippen LogP contribution in [0, 0.1) is 0 Å². The molecule has 0 heterocycles. The van der Waals surface area contributed by atoms with Crippen LogP contribution in [0.4, 0.5) is 0 Å². The molecular weight excluding hydrogens is 737 g/mol. The van der Waals surface area contributed by atoms with Gasteiger partial charge in [0.05, 0.1) is 27.7 Å². The summed E-state index contributed by atoms with van der Waals surface area (Å²) >= 11 is 0. The highest BCUT2D eigenvalue weighted by Crippen LogP contribution is 2.38. The zero-order chi connectivity index (χ0) is 42.1. The molecular formula is C47H92NO8P. The minimum Gasteiger partial charge on any atom is -0.756 e. The maximum atomic E-state index is 12.7. The van der Waals surface area contributed by atoms with Gasteiger partial charge in [0.25, 0.3) is 7.82 Å². The Morgan fingerprint density at radius 2 is 0.912 bits per heavy atom. The topological polar surface area (TPSA) is 111 Å². The second kappa shape index (κ2) is 40.2. The van der Waals surface area contributed by atoms with Gasteiger partial charge in [-0.15, -0.1) is 0 Å². The number of phosphoric ester groups is 1. The van der Waals surface area contributed by atoms with Crippen LogP contribution in [0.15, 0.2) is 12.2 Å². The number of carbonyl (C=O) groups excluding carboxylic acids is 2. The molecule has 9 nitrogen and oxygen atoms in total. The lowest BCUT2D eigenvalue weighted by atomic mass is 10.0. The number of ether oxygens (including phenoxy) is 2. The Morgan fingerprint density at radius 3 is 1.35 bits per heavy atom. The van der Waals surface area contributed by atoms with Gasteiger partial charge in [0.15, 0.2) is 6.10 Å². The van der Waals surface area contributed by atoms with Crippen molar-refractivity contribution in [2.75, 3.05) is 47.5 Å². The van der Waals surface area contributed by atoms with Gasteiger partial charge in [0.2, 0.25) is 0 Å². The largest absolute Gasteiger partial charge is 0.756 e. The number of quaternary nitrogens is 1. The minimum atomic E-state index is -4.62. The maximum absolute atomic E-state index is 12.7. The molecule has 0 aliphatic heterocycles. The third-order valence-corrected chi connectivity index (χ3v) is 11.5. The number of likely N-dealkylation sites (N-methyl/N-ethyl adjacent to an activating group) is 1. The van der Waals surface area contributed by atoms with E-state index >= 15 is 0 Å². The summed E-state index contributed by atoms with van der Waals surface area (Å²) in [6, 6.07) is 0. The van der Waals surface area contributed by atoms with Gasteiger partial charge in [-0.05, 0) is 32.1 Å². The molecule has 338 valence electrons. The predicted molar refractivity (Wildman–Crippen MR) is 236 cm³/mol. The van der Waals surface area contributed by atoms with Crippen LogP contribution in [-0.4, -0.2) is 70.0 Å². The summed E-state index contributed by atoms with van der Waals surface area (Å²) in [5.74, 6) is -0.824. The maximum Gasteiger partial charge on any atom is 0.306 e. The molecule has 1 unspecified atom stereocenters. The van der Waals surface area contributed by atoms with Gasteiger partial charge in [-0.25, -0.2) is 0 Å². The molecule has 0 aliphatic rings. The highest BCUT2D eigenvalue weighted by atomic mass is 31.2. The lowest BCUT2D eigenvalue weighted by molar-refractivity contribution is -0.870. The van der Waals surface area contributed by atoms with E-state index in [4.69, 9.17) is 18.5 Å². The molecule has 0 N–H and O–H groups in total. The molecule has 0 saturated heterocycles. The van der Waals surface area contributed by atoms with Gasteiger partial charge < -0.3 is 27.9 Å². The quantitative estimate of drug-likeness (QED) is 0.0196. The van der Waals surface area contributed by atoms with Crippen LogP contribution in [0.5, 0.6) is 0 Å². The van der Waals surface area contributed by atoms with Crippen molar-refractivity contribution in [2.45, 2.75) is 232 Å². The molecule has 2 atom stereocenters. The molecule has 0 rings (SSSR count). The second-order valence-electron chi connectivity index (χ2n) is 17.5. The summed E-state index contributed by atoms with van der Waals surface area (Å²) in [7, 11) is 1.18. The van der Waals surface area contributed by atoms with Crippen molar-refractivity contribution in [1.82, 2.24) is 0 Å². The Kier molecular flexibility index (Phi) is 39.3. The van der Waals surface area contributed by atoms with E-state index in [1.807, 2.05) is 21.1 Å². The molecule has 0 aromatic carbocycles. The van der Waals surface area contributed by atoms with Crippen molar-refractivity contribution in [3.05, 3.63) is 12.2 Å². The first-order valence-electron chi connectivity index (χ1n) is 23.9. The third-order valence-electron chi connectivity index (χ3n) is 10.5. The Labute approximate surface area is 352 Å². The van der Waals surface area contributed by atoms with Crippen LogP contribution in [0.25, 0.3) is 0 Å². The predicted octanol–water partition coefficient (Wildman–Crippen LogP) is 13.1. The van der Waals surface area contributed by atoms with Crippen molar-refractivity contribution in [3.63, 3.8) is 0 Å². The summed E-state index contributed by atoms with van der Waals surface area (Å²) in [6.45, 7) is 4.23. The Balaban J connectivity index is 4.26. The molecule has 0 radical (unpaired) electrons. The average molecular weight is 830 g/mol. The van der Waals surface area contributed by atoms with E-state index in [2.05, 4.69) is 26.0 Å². The van der Waals surface area contributed by atoms with E-state index in [0.29, 0.717) is 17.4 Å². The van der Waals surface area contributed by atoms with Crippen molar-refractivity contribution >= 4 is 19.8 Å². The number of nitrogens with zero attached hydrogens (tertiary/aromatic N) is 1. The average Bonchev–Trinajstić information content (AvgIpc) is 3.16. The van der Waals surface area contributed by atoms with Gasteiger partial charge in [0, 0.05) is 12.8 Å². The standard InChI is InChI=1S/C47H92NO8P/c1-6-8-10-12-14-16-18-20-22-23-24-26-27-29-31-33-35-37-39-46(49)53-43-45(44-55-57(51,52)54-42-41-48(3,4)5)56-47(50)40-38-36-34-32-30-28-25-21-19-17-15-13-11-9-7-2/h13,15,45H,6-12,14,16-44H2,1-5H3/b15-13+/t45-/m1/s1. The molecule has 0 spiro atoms. The number of esters is 2. The molecule has 0 aromatic heterocycles. The van der Waals surface area contributed by atoms with Crippen LogP contribution in [0.3, 0.4) is 0 Å². The summed E-state index contributed by atoms with van der Waals surface area (Å²) < 4.78 is 34.0. The van der Waals surface area contributed by atoms with E-state index in [1.165, 1.54) is 154 Å². The van der Waals surface area contributed by atoms with Gasteiger partial charge >= 0.3 is 11.9 Å². The highest BCUT2D eigenvalue weighted by molar-refractivity contribution is 7.45. The van der Waals surface area contributed by atoms with Crippen LogP contribution in [0.2, 0.25) is 0 Å².